The van der Waals surface area contributed by atoms with Crippen molar-refractivity contribution in [3.05, 3.63) is 12.2 Å². The topological polar surface area (TPSA) is 66.8 Å². The van der Waals surface area contributed by atoms with Crippen LogP contribution in [0.15, 0.2) is 12.2 Å². The van der Waals surface area contributed by atoms with Crippen molar-refractivity contribution < 1.29 is 20.0 Å². The summed E-state index contributed by atoms with van der Waals surface area (Å²) >= 11 is 0. The number of carbonyl (C=O) groups is 1. The Labute approximate surface area is 58.7 Å². The first kappa shape index (κ1) is 9.13. The van der Waals surface area contributed by atoms with Gasteiger partial charge in [-0.3, -0.25) is 5.26 Å². The molecule has 0 spiro atoms. The Morgan fingerprint density at radius 1 is 1.60 bits per heavy atom. The molecule has 0 aromatic rings. The SMILES string of the molecule is CC(C)(/C=C/C(=O)O)OO. The molecule has 0 rings (SSSR count). The number of aliphatic carboxylic acids is 1. The molecule has 58 valence electrons. The summed E-state index contributed by atoms with van der Waals surface area (Å²) < 4.78 is 0. The van der Waals surface area contributed by atoms with Crippen molar-refractivity contribution in [3.63, 3.8) is 0 Å². The van der Waals surface area contributed by atoms with Crippen molar-refractivity contribution in [2.75, 3.05) is 0 Å². The summed E-state index contributed by atoms with van der Waals surface area (Å²) in [5, 5.41) is 16.3. The highest BCUT2D eigenvalue weighted by Gasteiger charge is 2.13. The average Bonchev–Trinajstić information content (AvgIpc) is 1.85. The molecule has 0 amide bonds. The van der Waals surface area contributed by atoms with Crippen LogP contribution in [0.3, 0.4) is 0 Å². The van der Waals surface area contributed by atoms with Crippen molar-refractivity contribution >= 4 is 5.97 Å². The highest BCUT2D eigenvalue weighted by molar-refractivity contribution is 5.79. The molecule has 0 aromatic carbocycles. The monoisotopic (exact) mass is 146 g/mol. The van der Waals surface area contributed by atoms with Gasteiger partial charge in [0, 0.05) is 6.08 Å². The van der Waals surface area contributed by atoms with Gasteiger partial charge in [-0.1, -0.05) is 0 Å². The van der Waals surface area contributed by atoms with Crippen LogP contribution in [0, 0.1) is 0 Å². The average molecular weight is 146 g/mol. The zero-order chi connectivity index (χ0) is 8.20. The highest BCUT2D eigenvalue weighted by Crippen LogP contribution is 2.07. The van der Waals surface area contributed by atoms with E-state index in [0.717, 1.165) is 6.08 Å². The number of hydrogen-bond donors (Lipinski definition) is 2. The molecular weight excluding hydrogens is 136 g/mol. The maximum Gasteiger partial charge on any atom is 0.328 e. The summed E-state index contributed by atoms with van der Waals surface area (Å²) in [5.41, 5.74) is -0.932. The summed E-state index contributed by atoms with van der Waals surface area (Å²) in [6.45, 7) is 3.07. The van der Waals surface area contributed by atoms with E-state index in [0.29, 0.717) is 0 Å². The molecule has 0 unspecified atom stereocenters. The minimum Gasteiger partial charge on any atom is -0.478 e. The maximum atomic E-state index is 9.94. The summed E-state index contributed by atoms with van der Waals surface area (Å²) in [4.78, 5) is 13.9. The number of carboxylic acid groups (broad SMARTS) is 1. The van der Waals surface area contributed by atoms with E-state index in [2.05, 4.69) is 4.89 Å². The molecule has 2 N–H and O–H groups in total. The minimum atomic E-state index is -1.06. The third-order valence-corrected chi connectivity index (χ3v) is 0.863. The molecule has 0 fully saturated rings. The molecule has 0 atom stereocenters. The lowest BCUT2D eigenvalue weighted by molar-refractivity contribution is -0.297. The van der Waals surface area contributed by atoms with Crippen molar-refractivity contribution in [2.24, 2.45) is 0 Å². The van der Waals surface area contributed by atoms with E-state index in [1.807, 2.05) is 0 Å². The molecular formula is C6H10O4. The molecule has 0 heterocycles. The zero-order valence-corrected chi connectivity index (χ0v) is 5.87. The minimum absolute atomic E-state index is 0.913. The quantitative estimate of drug-likeness (QED) is 0.352. The lowest BCUT2D eigenvalue weighted by atomic mass is 10.1. The van der Waals surface area contributed by atoms with Crippen LogP contribution in [-0.4, -0.2) is 21.9 Å². The zero-order valence-electron chi connectivity index (χ0n) is 5.87. The van der Waals surface area contributed by atoms with Crippen LogP contribution in [0.1, 0.15) is 13.8 Å². The smallest absolute Gasteiger partial charge is 0.328 e. The molecule has 0 aliphatic rings. The molecule has 4 nitrogen and oxygen atoms in total. The predicted molar refractivity (Wildman–Crippen MR) is 34.6 cm³/mol. The molecule has 0 saturated heterocycles. The van der Waals surface area contributed by atoms with Gasteiger partial charge in [-0.25, -0.2) is 9.68 Å². The summed E-state index contributed by atoms with van der Waals surface area (Å²) in [6.07, 6.45) is 2.16. The highest BCUT2D eigenvalue weighted by atomic mass is 17.1. The molecule has 10 heavy (non-hydrogen) atoms. The maximum absolute atomic E-state index is 9.94. The van der Waals surface area contributed by atoms with Crippen LogP contribution in [0.5, 0.6) is 0 Å². The first-order chi connectivity index (χ1) is 4.48. The van der Waals surface area contributed by atoms with Crippen LogP contribution in [-0.2, 0) is 9.68 Å². The van der Waals surface area contributed by atoms with Crippen molar-refractivity contribution in [1.82, 2.24) is 0 Å². The predicted octanol–water partition coefficient (Wildman–Crippen LogP) is 0.895. The molecule has 0 aromatic heterocycles. The lowest BCUT2D eigenvalue weighted by Gasteiger charge is -2.13. The van der Waals surface area contributed by atoms with Gasteiger partial charge >= 0.3 is 5.97 Å². The van der Waals surface area contributed by atoms with E-state index < -0.39 is 11.6 Å². The number of rotatable bonds is 3. The van der Waals surface area contributed by atoms with Crippen LogP contribution in [0.25, 0.3) is 0 Å². The van der Waals surface area contributed by atoms with E-state index in [1.54, 1.807) is 0 Å². The molecule has 0 bridgehead atoms. The van der Waals surface area contributed by atoms with Gasteiger partial charge in [0.25, 0.3) is 0 Å². The Bertz CT molecular complexity index is 148. The van der Waals surface area contributed by atoms with Crippen LogP contribution < -0.4 is 0 Å². The molecule has 4 heteroatoms. The van der Waals surface area contributed by atoms with E-state index in [1.165, 1.54) is 19.9 Å². The van der Waals surface area contributed by atoms with Gasteiger partial charge in [0.2, 0.25) is 0 Å². The Hall–Kier alpha value is -0.870. The Morgan fingerprint density at radius 3 is 2.40 bits per heavy atom. The van der Waals surface area contributed by atoms with Crippen LogP contribution in [0.2, 0.25) is 0 Å². The van der Waals surface area contributed by atoms with Gasteiger partial charge in [-0.05, 0) is 19.9 Å². The fourth-order valence-corrected chi connectivity index (χ4v) is 0.302. The fraction of sp³-hybridized carbons (Fsp3) is 0.500. The lowest BCUT2D eigenvalue weighted by Crippen LogP contribution is -2.19. The third kappa shape index (κ3) is 4.05. The van der Waals surface area contributed by atoms with Crippen molar-refractivity contribution in [1.29, 1.82) is 0 Å². The largest absolute Gasteiger partial charge is 0.478 e. The number of hydrogen-bond acceptors (Lipinski definition) is 3. The fourth-order valence-electron chi connectivity index (χ4n) is 0.302. The van der Waals surface area contributed by atoms with Gasteiger partial charge in [-0.15, -0.1) is 0 Å². The Morgan fingerprint density at radius 2 is 2.10 bits per heavy atom. The molecule has 0 aliphatic heterocycles. The first-order valence-electron chi connectivity index (χ1n) is 2.73. The van der Waals surface area contributed by atoms with Gasteiger partial charge in [0.1, 0.15) is 5.60 Å². The third-order valence-electron chi connectivity index (χ3n) is 0.863. The van der Waals surface area contributed by atoms with Gasteiger partial charge in [-0.2, -0.15) is 0 Å². The standard InChI is InChI=1S/C6H10O4/c1-6(2,10-9)4-3-5(7)8/h3-4,9H,1-2H3,(H,7,8)/b4-3+. The normalized spacial score (nSPS) is 12.3. The van der Waals surface area contributed by atoms with Crippen LogP contribution >= 0.6 is 0 Å². The summed E-state index contributed by atoms with van der Waals surface area (Å²) in [5.74, 6) is -1.06. The second-order valence-corrected chi connectivity index (χ2v) is 2.37. The van der Waals surface area contributed by atoms with Gasteiger partial charge in [0.15, 0.2) is 0 Å². The molecule has 0 radical (unpaired) electrons. The number of carboxylic acids is 1. The second-order valence-electron chi connectivity index (χ2n) is 2.37. The van der Waals surface area contributed by atoms with Gasteiger partial charge in [0.05, 0.1) is 0 Å². The first-order valence-corrected chi connectivity index (χ1v) is 2.73. The van der Waals surface area contributed by atoms with Crippen molar-refractivity contribution in [3.8, 4) is 0 Å². The van der Waals surface area contributed by atoms with Crippen molar-refractivity contribution in [2.45, 2.75) is 19.4 Å². The van der Waals surface area contributed by atoms with Crippen LogP contribution in [0.4, 0.5) is 0 Å². The van der Waals surface area contributed by atoms with Gasteiger partial charge < -0.3 is 5.11 Å². The molecule has 0 aliphatic carbocycles. The Kier molecular flexibility index (Phi) is 3.05. The van der Waals surface area contributed by atoms with E-state index in [-0.39, 0.29) is 0 Å². The van der Waals surface area contributed by atoms with E-state index in [4.69, 9.17) is 10.4 Å². The van der Waals surface area contributed by atoms with E-state index in [9.17, 15) is 4.79 Å². The Balaban J connectivity index is 3.99. The van der Waals surface area contributed by atoms with E-state index >= 15 is 0 Å². The second kappa shape index (κ2) is 3.34. The molecule has 0 saturated carbocycles. The summed E-state index contributed by atoms with van der Waals surface area (Å²) in [6, 6.07) is 0. The summed E-state index contributed by atoms with van der Waals surface area (Å²) in [7, 11) is 0.